The lowest BCUT2D eigenvalue weighted by atomic mass is 10.0. The van der Waals surface area contributed by atoms with Gasteiger partial charge in [-0.05, 0) is 75.1 Å². The number of hydrogen-bond donors (Lipinski definition) is 1. The summed E-state index contributed by atoms with van der Waals surface area (Å²) >= 11 is 0. The summed E-state index contributed by atoms with van der Waals surface area (Å²) in [6.07, 6.45) is 4.66. The SMILES string of the molecule is COC1=CCC(CS(=O)(=O)c2nc(S(=O)(=O)Cc3ccc(OC)cc3)nc3[nH]c4c(N(C)C(=O)OC(C)(C)C)cc(F)cc4c23)C=C1. The van der Waals surface area contributed by atoms with Crippen molar-refractivity contribution in [3.8, 4) is 5.75 Å². The van der Waals surface area contributed by atoms with Gasteiger partial charge in [-0.1, -0.05) is 18.2 Å². The van der Waals surface area contributed by atoms with Crippen LogP contribution in [-0.4, -0.2) is 70.5 Å². The number of carbonyl (C=O) groups is 1. The number of methoxy groups -OCH3 is 2. The van der Waals surface area contributed by atoms with Gasteiger partial charge in [0.05, 0.1) is 42.3 Å². The van der Waals surface area contributed by atoms with Crippen LogP contribution in [0.2, 0.25) is 0 Å². The number of allylic oxidation sites excluding steroid dienone is 3. The van der Waals surface area contributed by atoms with Crippen molar-refractivity contribution in [2.24, 2.45) is 5.92 Å². The number of carbonyl (C=O) groups excluding carboxylic acids is 1. The van der Waals surface area contributed by atoms with Gasteiger partial charge in [-0.15, -0.1) is 0 Å². The summed E-state index contributed by atoms with van der Waals surface area (Å²) in [6.45, 7) is 5.03. The Morgan fingerprint density at radius 2 is 1.74 bits per heavy atom. The van der Waals surface area contributed by atoms with E-state index in [1.54, 1.807) is 63.3 Å². The molecule has 1 unspecified atom stereocenters. The Labute approximate surface area is 272 Å². The highest BCUT2D eigenvalue weighted by atomic mass is 32.2. The number of nitrogens with zero attached hydrogens (tertiary/aromatic N) is 3. The summed E-state index contributed by atoms with van der Waals surface area (Å²) < 4.78 is 86.5. The molecule has 1 atom stereocenters. The molecule has 2 aromatic heterocycles. The minimum Gasteiger partial charge on any atom is -0.497 e. The molecule has 1 aliphatic rings. The van der Waals surface area contributed by atoms with E-state index in [2.05, 4.69) is 15.0 Å². The predicted molar refractivity (Wildman–Crippen MR) is 174 cm³/mol. The first-order chi connectivity index (χ1) is 22.0. The number of nitrogens with one attached hydrogen (secondary N) is 1. The van der Waals surface area contributed by atoms with Crippen molar-refractivity contribution in [2.45, 2.75) is 48.7 Å². The Bertz CT molecular complexity index is 2140. The Kier molecular flexibility index (Phi) is 9.08. The zero-order valence-electron chi connectivity index (χ0n) is 26.7. The number of rotatable bonds is 9. The molecule has 2 heterocycles. The van der Waals surface area contributed by atoms with Crippen LogP contribution in [0.15, 0.2) is 70.6 Å². The molecule has 1 N–H and O–H groups in total. The zero-order chi connectivity index (χ0) is 34.3. The highest BCUT2D eigenvalue weighted by molar-refractivity contribution is 7.92. The summed E-state index contributed by atoms with van der Waals surface area (Å²) in [7, 11) is -4.27. The van der Waals surface area contributed by atoms with Crippen LogP contribution >= 0.6 is 0 Å². The van der Waals surface area contributed by atoms with E-state index in [1.807, 2.05) is 0 Å². The van der Waals surface area contributed by atoms with Crippen LogP contribution in [0.1, 0.15) is 32.8 Å². The Hall–Kier alpha value is -4.50. The van der Waals surface area contributed by atoms with Crippen LogP contribution in [0.3, 0.4) is 0 Å². The molecule has 0 bridgehead atoms. The smallest absolute Gasteiger partial charge is 0.414 e. The normalized spacial score (nSPS) is 15.5. The number of ether oxygens (including phenoxy) is 3. The highest BCUT2D eigenvalue weighted by Gasteiger charge is 2.32. The lowest BCUT2D eigenvalue weighted by Gasteiger charge is -2.25. The maximum Gasteiger partial charge on any atom is 0.414 e. The fourth-order valence-corrected chi connectivity index (χ4v) is 8.13. The zero-order valence-corrected chi connectivity index (χ0v) is 28.3. The van der Waals surface area contributed by atoms with Crippen molar-refractivity contribution in [1.82, 2.24) is 15.0 Å². The number of anilines is 1. The highest BCUT2D eigenvalue weighted by Crippen LogP contribution is 2.37. The molecule has 1 aliphatic carbocycles. The average molecular weight is 687 g/mol. The molecule has 0 fully saturated rings. The molecule has 4 aromatic rings. The summed E-state index contributed by atoms with van der Waals surface area (Å²) in [5.41, 5.74) is -0.467. The van der Waals surface area contributed by atoms with Crippen molar-refractivity contribution in [2.75, 3.05) is 31.9 Å². The Morgan fingerprint density at radius 1 is 1.04 bits per heavy atom. The van der Waals surface area contributed by atoms with Gasteiger partial charge in [-0.3, -0.25) is 4.90 Å². The van der Waals surface area contributed by atoms with Gasteiger partial charge in [0.15, 0.2) is 14.9 Å². The molecule has 12 nitrogen and oxygen atoms in total. The molecule has 0 saturated heterocycles. The van der Waals surface area contributed by atoms with E-state index < -0.39 is 64.8 Å². The third-order valence-corrected chi connectivity index (χ3v) is 10.6. The Balaban J connectivity index is 1.70. The summed E-state index contributed by atoms with van der Waals surface area (Å²) in [5, 5.41) is -1.36. The first-order valence-corrected chi connectivity index (χ1v) is 17.8. The van der Waals surface area contributed by atoms with E-state index in [0.717, 1.165) is 17.0 Å². The molecule has 0 aliphatic heterocycles. The maximum atomic E-state index is 15.2. The molecule has 0 saturated carbocycles. The quantitative estimate of drug-likeness (QED) is 0.176. The first-order valence-electron chi connectivity index (χ1n) is 14.5. The molecule has 2 aromatic carbocycles. The van der Waals surface area contributed by atoms with E-state index in [1.165, 1.54) is 21.3 Å². The summed E-state index contributed by atoms with van der Waals surface area (Å²) in [6, 6.07) is 8.49. The van der Waals surface area contributed by atoms with Crippen molar-refractivity contribution in [3.63, 3.8) is 0 Å². The van der Waals surface area contributed by atoms with Crippen molar-refractivity contribution >= 4 is 53.4 Å². The van der Waals surface area contributed by atoms with Gasteiger partial charge >= 0.3 is 6.09 Å². The number of H-pyrrole nitrogens is 1. The average Bonchev–Trinajstić information content (AvgIpc) is 3.37. The molecule has 0 spiro atoms. The number of fused-ring (bicyclic) bond motifs is 3. The van der Waals surface area contributed by atoms with E-state index in [-0.39, 0.29) is 27.6 Å². The number of aromatic amines is 1. The lowest BCUT2D eigenvalue weighted by molar-refractivity contribution is 0.0589. The summed E-state index contributed by atoms with van der Waals surface area (Å²) in [4.78, 5) is 25.4. The summed E-state index contributed by atoms with van der Waals surface area (Å²) in [5.74, 6) is -1.09. The van der Waals surface area contributed by atoms with Gasteiger partial charge in [0.2, 0.25) is 9.84 Å². The minimum atomic E-state index is -4.32. The number of sulfone groups is 2. The van der Waals surface area contributed by atoms with Crippen LogP contribution in [0.4, 0.5) is 14.9 Å². The molecule has 47 heavy (non-hydrogen) atoms. The Morgan fingerprint density at radius 3 is 2.34 bits per heavy atom. The van der Waals surface area contributed by atoms with Gasteiger partial charge in [-0.25, -0.2) is 36.0 Å². The van der Waals surface area contributed by atoms with Gasteiger partial charge in [0, 0.05) is 12.4 Å². The third-order valence-electron chi connectivity index (χ3n) is 7.39. The van der Waals surface area contributed by atoms with Gasteiger partial charge in [-0.2, -0.15) is 0 Å². The third kappa shape index (κ3) is 7.25. The van der Waals surface area contributed by atoms with E-state index in [4.69, 9.17) is 14.2 Å². The molecular weight excluding hydrogens is 652 g/mol. The largest absolute Gasteiger partial charge is 0.497 e. The van der Waals surface area contributed by atoms with E-state index in [9.17, 15) is 21.6 Å². The van der Waals surface area contributed by atoms with Crippen LogP contribution in [0.25, 0.3) is 21.9 Å². The number of hydrogen-bond acceptors (Lipinski definition) is 10. The topological polar surface area (TPSA) is 158 Å². The molecular formula is C32H35FN4O8S2. The maximum absolute atomic E-state index is 15.2. The monoisotopic (exact) mass is 686 g/mol. The van der Waals surface area contributed by atoms with Gasteiger partial charge in [0.25, 0.3) is 5.16 Å². The molecule has 15 heteroatoms. The molecule has 1 amide bonds. The second-order valence-electron chi connectivity index (χ2n) is 12.1. The fraction of sp³-hybridized carbons (Fsp3) is 0.344. The first kappa shape index (κ1) is 33.9. The molecule has 0 radical (unpaired) electrons. The van der Waals surface area contributed by atoms with E-state index in [0.29, 0.717) is 23.5 Å². The second-order valence-corrected chi connectivity index (χ2v) is 15.9. The molecule has 5 rings (SSSR count). The minimum absolute atomic E-state index is 0.0192. The van der Waals surface area contributed by atoms with Crippen molar-refractivity contribution in [1.29, 1.82) is 0 Å². The standard InChI is InChI=1S/C32H35FN4O8S2/c1-32(2,3)45-31(38)37(4)25-16-21(33)15-24-26-28(34-27(24)25)35-30(47(41,42)18-20-9-13-23(44-6)14-10-20)36-29(26)46(39,40)17-19-7-11-22(43-5)12-8-19/h7,9-16,19H,8,17-18H2,1-6H3,(H,34,35,36). The van der Waals surface area contributed by atoms with Crippen LogP contribution in [-0.2, 0) is 34.9 Å². The number of aromatic nitrogens is 3. The van der Waals surface area contributed by atoms with Crippen LogP contribution in [0.5, 0.6) is 5.75 Å². The van der Waals surface area contributed by atoms with E-state index >= 15 is 4.39 Å². The van der Waals surface area contributed by atoms with Crippen LogP contribution < -0.4 is 9.64 Å². The van der Waals surface area contributed by atoms with Gasteiger partial charge < -0.3 is 19.2 Å². The number of benzene rings is 2. The fourth-order valence-electron chi connectivity index (χ4n) is 5.14. The number of amides is 1. The lowest BCUT2D eigenvalue weighted by Crippen LogP contribution is -2.34. The molecule has 250 valence electrons. The number of halogens is 1. The van der Waals surface area contributed by atoms with Crippen molar-refractivity contribution < 1.29 is 40.2 Å². The van der Waals surface area contributed by atoms with Crippen LogP contribution in [0, 0.1) is 11.7 Å². The second kappa shape index (κ2) is 12.6. The van der Waals surface area contributed by atoms with Crippen molar-refractivity contribution in [3.05, 3.63) is 71.8 Å². The van der Waals surface area contributed by atoms with Gasteiger partial charge in [0.1, 0.15) is 28.6 Å². The predicted octanol–water partition coefficient (Wildman–Crippen LogP) is 5.48.